The van der Waals surface area contributed by atoms with Gasteiger partial charge in [0.05, 0.1) is 13.2 Å². The number of hydrogen-bond acceptors (Lipinski definition) is 3. The normalized spacial score (nSPS) is 32.4. The monoisotopic (exact) mass is 266 g/mol. The molecule has 0 radical (unpaired) electrons. The summed E-state index contributed by atoms with van der Waals surface area (Å²) in [6.07, 6.45) is 2.06. The number of nitrogens with zero attached hydrogens (tertiary/aromatic N) is 1. The molecule has 2 saturated heterocycles. The molecule has 98 valence electrons. The minimum Gasteiger partial charge on any atom is -0.378 e. The molecule has 2 aliphatic heterocycles. The molecule has 2 N–H and O–H groups in total. The van der Waals surface area contributed by atoms with E-state index in [1.807, 2.05) is 18.2 Å². The number of benzene rings is 1. The molecule has 3 nitrogen and oxygen atoms in total. The van der Waals surface area contributed by atoms with Crippen LogP contribution in [0.25, 0.3) is 0 Å². The zero-order valence-corrected chi connectivity index (χ0v) is 11.1. The fraction of sp³-hybridized carbons (Fsp3) is 0.571. The molecule has 1 aromatic rings. The molecule has 2 bridgehead atoms. The summed E-state index contributed by atoms with van der Waals surface area (Å²) in [7, 11) is 0. The molecule has 0 spiro atoms. The van der Waals surface area contributed by atoms with Gasteiger partial charge in [-0.25, -0.2) is 0 Å². The van der Waals surface area contributed by atoms with E-state index >= 15 is 0 Å². The summed E-state index contributed by atoms with van der Waals surface area (Å²) in [6.45, 7) is 2.51. The van der Waals surface area contributed by atoms with Gasteiger partial charge in [-0.2, -0.15) is 0 Å². The molecule has 2 aliphatic rings. The van der Waals surface area contributed by atoms with Crippen LogP contribution in [0.2, 0.25) is 5.02 Å². The molecule has 0 aliphatic carbocycles. The molecule has 1 aromatic carbocycles. The SMILES string of the molecule is NC1CC2COCC(C1)N2Cc1ccccc1Cl. The number of hydrogen-bond donors (Lipinski definition) is 1. The van der Waals surface area contributed by atoms with Crippen LogP contribution in [-0.4, -0.2) is 36.2 Å². The second-order valence-electron chi connectivity index (χ2n) is 5.34. The van der Waals surface area contributed by atoms with E-state index in [2.05, 4.69) is 11.0 Å². The van der Waals surface area contributed by atoms with Crippen molar-refractivity contribution in [2.24, 2.45) is 5.73 Å². The molecule has 3 rings (SSSR count). The van der Waals surface area contributed by atoms with E-state index in [9.17, 15) is 0 Å². The lowest BCUT2D eigenvalue weighted by Gasteiger charge is -2.47. The molecule has 0 saturated carbocycles. The van der Waals surface area contributed by atoms with Gasteiger partial charge in [-0.15, -0.1) is 0 Å². The lowest BCUT2D eigenvalue weighted by molar-refractivity contribution is -0.0819. The van der Waals surface area contributed by atoms with E-state index < -0.39 is 0 Å². The Bertz CT molecular complexity index is 412. The number of rotatable bonds is 2. The van der Waals surface area contributed by atoms with Crippen molar-refractivity contribution in [2.45, 2.75) is 37.5 Å². The third-order valence-electron chi connectivity index (χ3n) is 4.02. The van der Waals surface area contributed by atoms with E-state index in [0.717, 1.165) is 37.6 Å². The summed E-state index contributed by atoms with van der Waals surface area (Å²) >= 11 is 6.25. The molecule has 2 atom stereocenters. The average molecular weight is 267 g/mol. The molecule has 2 heterocycles. The van der Waals surface area contributed by atoms with E-state index in [1.165, 1.54) is 5.56 Å². The van der Waals surface area contributed by atoms with Crippen LogP contribution in [0.4, 0.5) is 0 Å². The van der Waals surface area contributed by atoms with Gasteiger partial charge in [0.25, 0.3) is 0 Å². The molecule has 0 aromatic heterocycles. The first-order valence-corrected chi connectivity index (χ1v) is 6.94. The first-order valence-electron chi connectivity index (χ1n) is 6.56. The molecule has 2 fully saturated rings. The topological polar surface area (TPSA) is 38.5 Å². The average Bonchev–Trinajstić information content (AvgIpc) is 2.33. The Labute approximate surface area is 113 Å². The van der Waals surface area contributed by atoms with E-state index in [-0.39, 0.29) is 0 Å². The van der Waals surface area contributed by atoms with Gasteiger partial charge in [0.1, 0.15) is 0 Å². The maximum atomic E-state index is 6.25. The predicted molar refractivity (Wildman–Crippen MR) is 72.6 cm³/mol. The quantitative estimate of drug-likeness (QED) is 0.890. The fourth-order valence-corrected chi connectivity index (χ4v) is 3.31. The second kappa shape index (κ2) is 5.17. The number of halogens is 1. The number of morpholine rings is 1. The predicted octanol–water partition coefficient (Wildman–Crippen LogP) is 2.03. The Hall–Kier alpha value is -0.610. The van der Waals surface area contributed by atoms with Gasteiger partial charge in [-0.05, 0) is 24.5 Å². The molecule has 2 unspecified atom stereocenters. The first-order chi connectivity index (χ1) is 8.74. The van der Waals surface area contributed by atoms with Crippen LogP contribution in [-0.2, 0) is 11.3 Å². The largest absolute Gasteiger partial charge is 0.378 e. The van der Waals surface area contributed by atoms with Crippen molar-refractivity contribution in [3.05, 3.63) is 34.9 Å². The lowest BCUT2D eigenvalue weighted by atomic mass is 9.90. The Balaban J connectivity index is 1.78. The third kappa shape index (κ3) is 2.41. The van der Waals surface area contributed by atoms with Gasteiger partial charge in [0, 0.05) is 29.7 Å². The molecule has 0 amide bonds. The van der Waals surface area contributed by atoms with Crippen LogP contribution in [0.5, 0.6) is 0 Å². The van der Waals surface area contributed by atoms with E-state index in [4.69, 9.17) is 22.1 Å². The summed E-state index contributed by atoms with van der Waals surface area (Å²) < 4.78 is 5.65. The van der Waals surface area contributed by atoms with Crippen molar-refractivity contribution in [3.8, 4) is 0 Å². The number of ether oxygens (including phenoxy) is 1. The first kappa shape index (κ1) is 12.4. The lowest BCUT2D eigenvalue weighted by Crippen LogP contribution is -2.59. The van der Waals surface area contributed by atoms with Gasteiger partial charge in [-0.1, -0.05) is 29.8 Å². The van der Waals surface area contributed by atoms with E-state index in [1.54, 1.807) is 0 Å². The van der Waals surface area contributed by atoms with Crippen molar-refractivity contribution < 1.29 is 4.74 Å². The standard InChI is InChI=1S/C14H19ClN2O/c15-14-4-2-1-3-10(14)7-17-12-5-11(16)6-13(17)9-18-8-12/h1-4,11-13H,5-9,16H2. The number of fused-ring (bicyclic) bond motifs is 2. The Morgan fingerprint density at radius 1 is 1.22 bits per heavy atom. The highest BCUT2D eigenvalue weighted by atomic mass is 35.5. The molecule has 4 heteroatoms. The van der Waals surface area contributed by atoms with Gasteiger partial charge < -0.3 is 10.5 Å². The summed E-state index contributed by atoms with van der Waals surface area (Å²) in [6, 6.07) is 9.30. The van der Waals surface area contributed by atoms with Crippen LogP contribution < -0.4 is 5.73 Å². The molecule has 18 heavy (non-hydrogen) atoms. The van der Waals surface area contributed by atoms with Gasteiger partial charge in [0.2, 0.25) is 0 Å². The third-order valence-corrected chi connectivity index (χ3v) is 4.39. The fourth-order valence-electron chi connectivity index (χ4n) is 3.11. The number of nitrogens with two attached hydrogens (primary N) is 1. The molecular formula is C14H19ClN2O. The van der Waals surface area contributed by atoms with Crippen LogP contribution in [0.1, 0.15) is 18.4 Å². The minimum atomic E-state index is 0.325. The van der Waals surface area contributed by atoms with Crippen LogP contribution in [0.15, 0.2) is 24.3 Å². The van der Waals surface area contributed by atoms with Gasteiger partial charge in [-0.3, -0.25) is 4.90 Å². The van der Waals surface area contributed by atoms with Crippen molar-refractivity contribution in [1.29, 1.82) is 0 Å². The van der Waals surface area contributed by atoms with Crippen molar-refractivity contribution in [1.82, 2.24) is 4.90 Å². The van der Waals surface area contributed by atoms with Crippen LogP contribution >= 0.6 is 11.6 Å². The molecular weight excluding hydrogens is 248 g/mol. The summed E-state index contributed by atoms with van der Waals surface area (Å²) in [5.74, 6) is 0. The van der Waals surface area contributed by atoms with Crippen molar-refractivity contribution in [3.63, 3.8) is 0 Å². The van der Waals surface area contributed by atoms with Crippen LogP contribution in [0, 0.1) is 0 Å². The minimum absolute atomic E-state index is 0.325. The van der Waals surface area contributed by atoms with Crippen LogP contribution in [0.3, 0.4) is 0 Å². The highest BCUT2D eigenvalue weighted by Gasteiger charge is 2.37. The highest BCUT2D eigenvalue weighted by Crippen LogP contribution is 2.29. The summed E-state index contributed by atoms with van der Waals surface area (Å²) in [4.78, 5) is 2.52. The zero-order valence-electron chi connectivity index (χ0n) is 10.4. The summed E-state index contributed by atoms with van der Waals surface area (Å²) in [5.41, 5.74) is 7.30. The van der Waals surface area contributed by atoms with Crippen molar-refractivity contribution >= 4 is 11.6 Å². The maximum Gasteiger partial charge on any atom is 0.0623 e. The smallest absolute Gasteiger partial charge is 0.0623 e. The zero-order chi connectivity index (χ0) is 12.5. The van der Waals surface area contributed by atoms with E-state index in [0.29, 0.717) is 18.1 Å². The summed E-state index contributed by atoms with van der Waals surface area (Å²) in [5, 5.41) is 0.853. The Morgan fingerprint density at radius 2 is 1.89 bits per heavy atom. The van der Waals surface area contributed by atoms with Crippen molar-refractivity contribution in [2.75, 3.05) is 13.2 Å². The highest BCUT2D eigenvalue weighted by molar-refractivity contribution is 6.31. The number of piperidine rings is 1. The second-order valence-corrected chi connectivity index (χ2v) is 5.75. The Kier molecular flexibility index (Phi) is 3.57. The van der Waals surface area contributed by atoms with Gasteiger partial charge in [0.15, 0.2) is 0 Å². The Morgan fingerprint density at radius 3 is 2.56 bits per heavy atom. The maximum absolute atomic E-state index is 6.25. The van der Waals surface area contributed by atoms with Gasteiger partial charge >= 0.3 is 0 Å².